The fourth-order valence-electron chi connectivity index (χ4n) is 1.73. The Kier molecular flexibility index (Phi) is 4.53. The van der Waals surface area contributed by atoms with Crippen molar-refractivity contribution < 1.29 is 22.7 Å². The molecule has 0 radical (unpaired) electrons. The summed E-state index contributed by atoms with van der Waals surface area (Å²) in [7, 11) is 0. The lowest BCUT2D eigenvalue weighted by molar-refractivity contribution is -0.325. The second kappa shape index (κ2) is 5.46. The van der Waals surface area contributed by atoms with E-state index in [1.54, 1.807) is 4.90 Å². The number of alkyl halides is 3. The first kappa shape index (κ1) is 12.4. The van der Waals surface area contributed by atoms with Gasteiger partial charge in [0, 0.05) is 6.54 Å². The average molecular weight is 225 g/mol. The number of carbonyl (C=O) groups is 1. The largest absolute Gasteiger partial charge is 0.522 e. The van der Waals surface area contributed by atoms with Gasteiger partial charge in [0.05, 0.1) is 12.6 Å². The van der Waals surface area contributed by atoms with E-state index in [9.17, 15) is 18.0 Å². The third-order valence-electron chi connectivity index (χ3n) is 2.47. The molecule has 0 aromatic rings. The van der Waals surface area contributed by atoms with E-state index in [2.05, 4.69) is 4.74 Å². The lowest BCUT2D eigenvalue weighted by Gasteiger charge is -2.31. The fraction of sp³-hybridized carbons (Fsp3) is 0.889. The van der Waals surface area contributed by atoms with Crippen molar-refractivity contribution in [1.29, 1.82) is 0 Å². The molecule has 0 amide bonds. The molecule has 0 bridgehead atoms. The smallest absolute Gasteiger partial charge is 0.302 e. The highest BCUT2D eigenvalue weighted by Crippen LogP contribution is 2.18. The molecular weight excluding hydrogens is 211 g/mol. The number of ether oxygens (including phenoxy) is 1. The predicted molar refractivity (Wildman–Crippen MR) is 47.3 cm³/mol. The van der Waals surface area contributed by atoms with Gasteiger partial charge in [-0.25, -0.2) is 0 Å². The minimum absolute atomic E-state index is 0.156. The molecule has 0 aromatic carbocycles. The minimum atomic E-state index is -4.58. The zero-order chi connectivity index (χ0) is 11.3. The van der Waals surface area contributed by atoms with Crippen LogP contribution in [-0.2, 0) is 9.53 Å². The Labute approximate surface area is 86.2 Å². The van der Waals surface area contributed by atoms with E-state index >= 15 is 0 Å². The van der Waals surface area contributed by atoms with E-state index in [0.717, 1.165) is 25.5 Å². The normalized spacial score (nSPS) is 24.1. The maximum absolute atomic E-state index is 11.7. The van der Waals surface area contributed by atoms with Crippen molar-refractivity contribution in [3.8, 4) is 0 Å². The van der Waals surface area contributed by atoms with Crippen molar-refractivity contribution in [3.05, 3.63) is 0 Å². The van der Waals surface area contributed by atoms with E-state index in [4.69, 9.17) is 0 Å². The molecule has 3 nitrogen and oxygen atoms in total. The van der Waals surface area contributed by atoms with Crippen LogP contribution >= 0.6 is 0 Å². The van der Waals surface area contributed by atoms with Crippen LogP contribution in [0.2, 0.25) is 0 Å². The van der Waals surface area contributed by atoms with Crippen molar-refractivity contribution in [2.45, 2.75) is 31.7 Å². The maximum atomic E-state index is 11.7. The van der Waals surface area contributed by atoms with Crippen LogP contribution in [-0.4, -0.2) is 43.3 Å². The highest BCUT2D eigenvalue weighted by Gasteiger charge is 2.30. The lowest BCUT2D eigenvalue weighted by atomic mass is 10.0. The molecular formula is C9H14F3NO2. The van der Waals surface area contributed by atoms with Crippen molar-refractivity contribution in [1.82, 2.24) is 4.90 Å². The Balaban J connectivity index is 2.26. The van der Waals surface area contributed by atoms with Crippen LogP contribution in [0.1, 0.15) is 19.3 Å². The van der Waals surface area contributed by atoms with Gasteiger partial charge in [0.25, 0.3) is 0 Å². The Bertz CT molecular complexity index is 208. The van der Waals surface area contributed by atoms with Crippen molar-refractivity contribution in [2.24, 2.45) is 0 Å². The number of hydrogen-bond donors (Lipinski definition) is 0. The molecule has 0 aliphatic carbocycles. The number of nitrogens with zero attached hydrogens (tertiary/aromatic N) is 1. The van der Waals surface area contributed by atoms with Gasteiger partial charge in [-0.15, -0.1) is 13.2 Å². The zero-order valence-corrected chi connectivity index (χ0v) is 8.29. The topological polar surface area (TPSA) is 29.5 Å². The number of aldehydes is 1. The Morgan fingerprint density at radius 1 is 1.40 bits per heavy atom. The van der Waals surface area contributed by atoms with Gasteiger partial charge in [0.2, 0.25) is 0 Å². The molecule has 1 aliphatic heterocycles. The number of hydrogen-bond acceptors (Lipinski definition) is 3. The van der Waals surface area contributed by atoms with Gasteiger partial charge in [-0.05, 0) is 19.4 Å². The number of halogens is 3. The van der Waals surface area contributed by atoms with Crippen molar-refractivity contribution in [3.63, 3.8) is 0 Å². The Hall–Kier alpha value is -0.620. The van der Waals surface area contributed by atoms with E-state index in [1.165, 1.54) is 0 Å². The summed E-state index contributed by atoms with van der Waals surface area (Å²) < 4.78 is 38.7. The summed E-state index contributed by atoms with van der Waals surface area (Å²) in [6.45, 7) is 0.418. The number of carbonyl (C=O) groups excluding carboxylic acids is 1. The van der Waals surface area contributed by atoms with Crippen LogP contribution in [0.4, 0.5) is 13.2 Å². The lowest BCUT2D eigenvalue weighted by Crippen LogP contribution is -2.42. The van der Waals surface area contributed by atoms with Gasteiger partial charge in [0.15, 0.2) is 0 Å². The van der Waals surface area contributed by atoms with Gasteiger partial charge in [0.1, 0.15) is 6.29 Å². The molecule has 1 unspecified atom stereocenters. The first-order valence-electron chi connectivity index (χ1n) is 4.93. The zero-order valence-electron chi connectivity index (χ0n) is 8.29. The van der Waals surface area contributed by atoms with Crippen LogP contribution in [0.15, 0.2) is 0 Å². The highest BCUT2D eigenvalue weighted by atomic mass is 19.4. The molecule has 88 valence electrons. The molecule has 6 heteroatoms. The van der Waals surface area contributed by atoms with Crippen molar-refractivity contribution in [2.75, 3.05) is 19.7 Å². The van der Waals surface area contributed by atoms with Crippen LogP contribution in [0, 0.1) is 0 Å². The standard InChI is InChI=1S/C9H14F3NO2/c10-9(11,12)15-6-5-13-4-2-1-3-8(13)7-14/h7-8H,1-6H2. The van der Waals surface area contributed by atoms with E-state index in [1.807, 2.05) is 0 Å². The van der Waals surface area contributed by atoms with E-state index in [0.29, 0.717) is 6.54 Å². The quantitative estimate of drug-likeness (QED) is 0.680. The van der Waals surface area contributed by atoms with Crippen LogP contribution < -0.4 is 0 Å². The second-order valence-electron chi connectivity index (χ2n) is 3.53. The number of rotatable bonds is 4. The molecule has 1 atom stereocenters. The van der Waals surface area contributed by atoms with Crippen LogP contribution in [0.5, 0.6) is 0 Å². The molecule has 1 heterocycles. The summed E-state index contributed by atoms with van der Waals surface area (Å²) in [5.74, 6) is 0. The molecule has 0 N–H and O–H groups in total. The first-order valence-corrected chi connectivity index (χ1v) is 4.93. The molecule has 0 aromatic heterocycles. The second-order valence-corrected chi connectivity index (χ2v) is 3.53. The molecule has 1 fully saturated rings. The van der Waals surface area contributed by atoms with Crippen LogP contribution in [0.3, 0.4) is 0 Å². The molecule has 1 aliphatic rings. The van der Waals surface area contributed by atoms with Gasteiger partial charge in [-0.3, -0.25) is 9.64 Å². The monoisotopic (exact) mass is 225 g/mol. The summed E-state index contributed by atoms with van der Waals surface area (Å²) in [6.07, 6.45) is -1.16. The highest BCUT2D eigenvalue weighted by molar-refractivity contribution is 5.57. The number of piperidine rings is 1. The Morgan fingerprint density at radius 2 is 2.13 bits per heavy atom. The number of likely N-dealkylation sites (tertiary alicyclic amines) is 1. The summed E-state index contributed by atoms with van der Waals surface area (Å²) in [6, 6.07) is -0.240. The van der Waals surface area contributed by atoms with Gasteiger partial charge < -0.3 is 4.79 Å². The third-order valence-corrected chi connectivity index (χ3v) is 2.47. The van der Waals surface area contributed by atoms with E-state index < -0.39 is 13.0 Å². The van der Waals surface area contributed by atoms with Crippen molar-refractivity contribution >= 4 is 6.29 Å². The fourth-order valence-corrected chi connectivity index (χ4v) is 1.73. The summed E-state index contributed by atoms with van der Waals surface area (Å²) >= 11 is 0. The SMILES string of the molecule is O=CC1CCCCN1CCOC(F)(F)F. The van der Waals surface area contributed by atoms with Crippen LogP contribution in [0.25, 0.3) is 0 Å². The van der Waals surface area contributed by atoms with E-state index in [-0.39, 0.29) is 12.6 Å². The molecule has 0 spiro atoms. The third kappa shape index (κ3) is 4.61. The predicted octanol–water partition coefficient (Wildman–Crippen LogP) is 1.58. The molecule has 1 rings (SSSR count). The summed E-state index contributed by atoms with van der Waals surface area (Å²) in [5, 5.41) is 0. The molecule has 15 heavy (non-hydrogen) atoms. The molecule has 0 saturated carbocycles. The summed E-state index contributed by atoms with van der Waals surface area (Å²) in [5.41, 5.74) is 0. The Morgan fingerprint density at radius 3 is 2.73 bits per heavy atom. The van der Waals surface area contributed by atoms with Gasteiger partial charge in [-0.2, -0.15) is 0 Å². The minimum Gasteiger partial charge on any atom is -0.302 e. The van der Waals surface area contributed by atoms with Gasteiger partial charge in [-0.1, -0.05) is 6.42 Å². The maximum Gasteiger partial charge on any atom is 0.522 e. The molecule has 1 saturated heterocycles. The average Bonchev–Trinajstić information content (AvgIpc) is 2.16. The first-order chi connectivity index (χ1) is 7.03. The summed E-state index contributed by atoms with van der Waals surface area (Å²) in [4.78, 5) is 12.4. The van der Waals surface area contributed by atoms with Gasteiger partial charge >= 0.3 is 6.36 Å².